The van der Waals surface area contributed by atoms with E-state index in [4.69, 9.17) is 30.9 Å². The predicted octanol–water partition coefficient (Wildman–Crippen LogP) is 2.72. The number of ether oxygens (including phenoxy) is 2. The smallest absolute Gasteiger partial charge is 0.258 e. The van der Waals surface area contributed by atoms with Gasteiger partial charge in [0.25, 0.3) is 5.91 Å². The van der Waals surface area contributed by atoms with E-state index in [1.807, 2.05) is 12.1 Å². The zero-order valence-corrected chi connectivity index (χ0v) is 17.1. The summed E-state index contributed by atoms with van der Waals surface area (Å²) in [7, 11) is 0. The van der Waals surface area contributed by atoms with Crippen molar-refractivity contribution in [1.82, 2.24) is 19.5 Å². The van der Waals surface area contributed by atoms with E-state index in [9.17, 15) is 4.79 Å². The summed E-state index contributed by atoms with van der Waals surface area (Å²) in [6, 6.07) is 7.39. The van der Waals surface area contributed by atoms with Gasteiger partial charge >= 0.3 is 0 Å². The molecular weight excluding hydrogens is 404 g/mol. The molecule has 4 N–H and O–H groups in total. The fraction of sp³-hybridized carbons (Fsp3) is 0.300. The molecule has 9 nitrogen and oxygen atoms in total. The molecule has 1 atom stereocenters. The second kappa shape index (κ2) is 7.13. The van der Waals surface area contributed by atoms with Crippen molar-refractivity contribution in [3.8, 4) is 23.0 Å². The number of pyridine rings is 1. The van der Waals surface area contributed by atoms with Gasteiger partial charge in [-0.25, -0.2) is 15.0 Å². The van der Waals surface area contributed by atoms with Crippen molar-refractivity contribution in [3.63, 3.8) is 0 Å². The number of nitrogens with two attached hydrogens (primary N) is 2. The summed E-state index contributed by atoms with van der Waals surface area (Å²) in [6.07, 6.45) is 1.12. The van der Waals surface area contributed by atoms with Crippen LogP contribution >= 0.6 is 11.3 Å². The van der Waals surface area contributed by atoms with Crippen LogP contribution in [0.15, 0.2) is 24.3 Å². The van der Waals surface area contributed by atoms with Crippen molar-refractivity contribution in [1.29, 1.82) is 0 Å². The highest BCUT2D eigenvalue weighted by Gasteiger charge is 2.22. The van der Waals surface area contributed by atoms with Crippen molar-refractivity contribution >= 4 is 43.8 Å². The van der Waals surface area contributed by atoms with E-state index in [0.29, 0.717) is 28.8 Å². The topological polar surface area (TPSA) is 131 Å². The maximum atomic E-state index is 11.4. The number of hydrogen-bond acceptors (Lipinski definition) is 8. The molecule has 0 saturated heterocycles. The number of aryl methyl sites for hydroxylation is 1. The monoisotopic (exact) mass is 424 g/mol. The summed E-state index contributed by atoms with van der Waals surface area (Å²) in [4.78, 5) is 26.0. The van der Waals surface area contributed by atoms with Crippen LogP contribution in [0.1, 0.15) is 19.8 Å². The number of benzene rings is 1. The first-order chi connectivity index (χ1) is 14.5. The minimum atomic E-state index is -0.759. The molecule has 3 aromatic heterocycles. The lowest BCUT2D eigenvalue weighted by Gasteiger charge is -2.17. The fourth-order valence-electron chi connectivity index (χ4n) is 3.57. The molecule has 0 unspecified atom stereocenters. The number of fused-ring (bicyclic) bond motifs is 1. The van der Waals surface area contributed by atoms with Gasteiger partial charge in [0.2, 0.25) is 0 Å². The Balaban J connectivity index is 1.68. The van der Waals surface area contributed by atoms with Gasteiger partial charge in [-0.1, -0.05) is 11.3 Å². The molecule has 5 rings (SSSR count). The molecule has 1 aliphatic heterocycles. The lowest BCUT2D eigenvalue weighted by Crippen LogP contribution is -2.30. The zero-order valence-electron chi connectivity index (χ0n) is 16.3. The third-order valence-corrected chi connectivity index (χ3v) is 5.82. The standard InChI is InChI=1S/C20H20N6O3S/c1-10(17(21)27)29-11-8-14-16-15(9-11)28-7-3-2-6-26(16)18(23-14)12-4-5-13-19(24-12)30-20(22)25-13/h4-5,8-10H,2-3,6-7H2,1H3,(H2,21,27)(H2,22,25)/t10-/m0/s1. The number of nitrogens with zero attached hydrogens (tertiary/aromatic N) is 4. The van der Waals surface area contributed by atoms with Crippen molar-refractivity contribution < 1.29 is 14.3 Å². The summed E-state index contributed by atoms with van der Waals surface area (Å²) in [5.74, 6) is 1.36. The van der Waals surface area contributed by atoms with Crippen molar-refractivity contribution in [2.45, 2.75) is 32.4 Å². The van der Waals surface area contributed by atoms with Gasteiger partial charge in [0.15, 0.2) is 17.1 Å². The zero-order chi connectivity index (χ0) is 20.8. The number of amides is 1. The Bertz CT molecular complexity index is 1280. The van der Waals surface area contributed by atoms with Gasteiger partial charge in [-0.05, 0) is 31.9 Å². The van der Waals surface area contributed by atoms with Gasteiger partial charge in [0.05, 0.1) is 12.1 Å². The highest BCUT2D eigenvalue weighted by molar-refractivity contribution is 7.21. The fourth-order valence-corrected chi connectivity index (χ4v) is 4.28. The Kier molecular flexibility index (Phi) is 4.43. The molecule has 0 fully saturated rings. The van der Waals surface area contributed by atoms with E-state index in [2.05, 4.69) is 9.55 Å². The van der Waals surface area contributed by atoms with E-state index in [1.54, 1.807) is 19.1 Å². The molecule has 30 heavy (non-hydrogen) atoms. The van der Waals surface area contributed by atoms with Gasteiger partial charge in [0.1, 0.15) is 33.1 Å². The lowest BCUT2D eigenvalue weighted by atomic mass is 10.2. The van der Waals surface area contributed by atoms with Crippen molar-refractivity contribution in [2.24, 2.45) is 5.73 Å². The van der Waals surface area contributed by atoms with Gasteiger partial charge in [-0.15, -0.1) is 0 Å². The highest BCUT2D eigenvalue weighted by atomic mass is 32.1. The molecule has 4 heterocycles. The number of thiazole rings is 1. The Labute approximate surface area is 175 Å². The third-order valence-electron chi connectivity index (χ3n) is 5.03. The van der Waals surface area contributed by atoms with Gasteiger partial charge in [-0.2, -0.15) is 0 Å². The number of primary amides is 1. The highest BCUT2D eigenvalue weighted by Crippen LogP contribution is 2.37. The van der Waals surface area contributed by atoms with E-state index >= 15 is 0 Å². The van der Waals surface area contributed by atoms with E-state index in [-0.39, 0.29) is 0 Å². The van der Waals surface area contributed by atoms with Gasteiger partial charge in [0, 0.05) is 18.7 Å². The van der Waals surface area contributed by atoms with Crippen LogP contribution in [0.5, 0.6) is 11.5 Å². The predicted molar refractivity (Wildman–Crippen MR) is 115 cm³/mol. The molecule has 154 valence electrons. The van der Waals surface area contributed by atoms with Crippen LogP contribution in [0.25, 0.3) is 32.9 Å². The Morgan fingerprint density at radius 3 is 2.93 bits per heavy atom. The quantitative estimate of drug-likeness (QED) is 0.515. The number of anilines is 1. The minimum Gasteiger partial charge on any atom is -0.491 e. The van der Waals surface area contributed by atoms with Crippen LogP contribution in [0.2, 0.25) is 0 Å². The number of nitrogen functional groups attached to an aromatic ring is 1. The number of carbonyl (C=O) groups excluding carboxylic acids is 1. The summed E-state index contributed by atoms with van der Waals surface area (Å²) in [6.45, 7) is 3.01. The van der Waals surface area contributed by atoms with Crippen LogP contribution in [-0.4, -0.2) is 38.1 Å². The Morgan fingerprint density at radius 1 is 1.23 bits per heavy atom. The maximum absolute atomic E-state index is 11.4. The van der Waals surface area contributed by atoms with Crippen molar-refractivity contribution in [3.05, 3.63) is 24.3 Å². The summed E-state index contributed by atoms with van der Waals surface area (Å²) in [5, 5.41) is 0.485. The van der Waals surface area contributed by atoms with Crippen molar-refractivity contribution in [2.75, 3.05) is 12.3 Å². The number of hydrogen-bond donors (Lipinski definition) is 2. The van der Waals surface area contributed by atoms with E-state index in [0.717, 1.165) is 46.8 Å². The summed E-state index contributed by atoms with van der Waals surface area (Å²) < 4.78 is 13.8. The number of rotatable bonds is 4. The Hall–Kier alpha value is -3.40. The largest absolute Gasteiger partial charge is 0.491 e. The normalized spacial score (nSPS) is 14.8. The molecule has 10 heteroatoms. The molecule has 0 bridgehead atoms. The summed E-state index contributed by atoms with van der Waals surface area (Å²) in [5.41, 5.74) is 14.3. The van der Waals surface area contributed by atoms with Gasteiger partial charge < -0.3 is 25.5 Å². The SMILES string of the molecule is C[C@H](Oc1cc2c3c(c1)nc(-c1ccc4nc(N)sc4n1)n3CCCCO2)C(N)=O. The van der Waals surface area contributed by atoms with Crippen LogP contribution in [0, 0.1) is 0 Å². The molecule has 0 saturated carbocycles. The van der Waals surface area contributed by atoms with Crippen LogP contribution in [0.4, 0.5) is 5.13 Å². The molecule has 4 aromatic rings. The minimum absolute atomic E-state index is 0.485. The average Bonchev–Trinajstić information content (AvgIpc) is 3.24. The third kappa shape index (κ3) is 3.18. The summed E-state index contributed by atoms with van der Waals surface area (Å²) >= 11 is 1.35. The molecule has 0 spiro atoms. The molecular formula is C20H20N6O3S. The number of aromatic nitrogens is 4. The van der Waals surface area contributed by atoms with Crippen LogP contribution < -0.4 is 20.9 Å². The second-order valence-electron chi connectivity index (χ2n) is 7.17. The first-order valence-corrected chi connectivity index (χ1v) is 10.5. The first kappa shape index (κ1) is 18.6. The molecule has 0 radical (unpaired) electrons. The lowest BCUT2D eigenvalue weighted by molar-refractivity contribution is -0.123. The van der Waals surface area contributed by atoms with Crippen LogP contribution in [0.3, 0.4) is 0 Å². The molecule has 1 aromatic carbocycles. The second-order valence-corrected chi connectivity index (χ2v) is 8.18. The van der Waals surface area contributed by atoms with Gasteiger partial charge in [-0.3, -0.25) is 4.79 Å². The molecule has 1 aliphatic rings. The maximum Gasteiger partial charge on any atom is 0.258 e. The first-order valence-electron chi connectivity index (χ1n) is 9.66. The molecule has 0 aliphatic carbocycles. The van der Waals surface area contributed by atoms with E-state index < -0.39 is 12.0 Å². The number of carbonyl (C=O) groups is 1. The van der Waals surface area contributed by atoms with E-state index in [1.165, 1.54) is 11.3 Å². The average molecular weight is 424 g/mol. The number of imidazole rings is 1. The Morgan fingerprint density at radius 2 is 2.10 bits per heavy atom. The van der Waals surface area contributed by atoms with Crippen LogP contribution in [-0.2, 0) is 11.3 Å². The molecule has 1 amide bonds.